The van der Waals surface area contributed by atoms with Crippen LogP contribution in [0.15, 0.2) is 57.6 Å². The van der Waals surface area contributed by atoms with E-state index in [0.29, 0.717) is 43.0 Å². The number of halogens is 1. The lowest BCUT2D eigenvalue weighted by Crippen LogP contribution is -2.39. The van der Waals surface area contributed by atoms with E-state index in [1.165, 1.54) is 12.1 Å². The first kappa shape index (κ1) is 24.8. The first-order valence-corrected chi connectivity index (χ1v) is 12.4. The number of likely N-dealkylation sites (tertiary alicyclic amines) is 1. The number of hydrogen-bond donors (Lipinski definition) is 0. The number of ether oxygens (including phenoxy) is 1. The van der Waals surface area contributed by atoms with Crippen molar-refractivity contribution in [1.29, 1.82) is 0 Å². The lowest BCUT2D eigenvalue weighted by molar-refractivity contribution is -0.135. The molecule has 0 spiro atoms. The Labute approximate surface area is 213 Å². The molecule has 4 aromatic rings. The maximum Gasteiger partial charge on any atom is 0.252 e. The number of amides is 1. The maximum absolute atomic E-state index is 13.1. The summed E-state index contributed by atoms with van der Waals surface area (Å²) in [5.74, 6) is 1.46. The van der Waals surface area contributed by atoms with Crippen molar-refractivity contribution in [3.05, 3.63) is 83.1 Å². The molecule has 1 unspecified atom stereocenters. The van der Waals surface area contributed by atoms with Gasteiger partial charge < -0.3 is 18.7 Å². The Balaban J connectivity index is 1.16. The number of carbonyl (C=O) groups excluding carboxylic acids is 1. The second-order valence-electron chi connectivity index (χ2n) is 9.15. The van der Waals surface area contributed by atoms with Crippen LogP contribution in [0.1, 0.15) is 60.5 Å². The van der Waals surface area contributed by atoms with Crippen molar-refractivity contribution in [2.75, 3.05) is 6.54 Å². The van der Waals surface area contributed by atoms with Gasteiger partial charge >= 0.3 is 0 Å². The van der Waals surface area contributed by atoms with Crippen molar-refractivity contribution in [2.24, 2.45) is 0 Å². The van der Waals surface area contributed by atoms with E-state index >= 15 is 0 Å². The Hall–Kier alpha value is -3.92. The molecule has 1 atom stereocenters. The van der Waals surface area contributed by atoms with Crippen molar-refractivity contribution < 1.29 is 23.0 Å². The zero-order chi connectivity index (χ0) is 25.6. The van der Waals surface area contributed by atoms with Crippen molar-refractivity contribution in [3.8, 4) is 11.4 Å². The summed E-state index contributed by atoms with van der Waals surface area (Å²) >= 11 is 0. The fraction of sp³-hybridized carbons (Fsp3) is 0.370. The van der Waals surface area contributed by atoms with Gasteiger partial charge in [-0.15, -0.1) is 0 Å². The van der Waals surface area contributed by atoms with Crippen LogP contribution in [0.2, 0.25) is 0 Å². The highest BCUT2D eigenvalue weighted by Crippen LogP contribution is 2.30. The molecule has 37 heavy (non-hydrogen) atoms. The topological polar surface area (TPSA) is 107 Å². The van der Waals surface area contributed by atoms with E-state index < -0.39 is 0 Å². The predicted octanol–water partition coefficient (Wildman–Crippen LogP) is 4.97. The summed E-state index contributed by atoms with van der Waals surface area (Å²) in [4.78, 5) is 23.9. The van der Waals surface area contributed by atoms with E-state index in [-0.39, 0.29) is 30.8 Å². The average molecular weight is 506 g/mol. The fourth-order valence-electron chi connectivity index (χ4n) is 4.41. The minimum atomic E-state index is -0.291. The van der Waals surface area contributed by atoms with Crippen LogP contribution in [-0.4, -0.2) is 37.6 Å². The average Bonchev–Trinajstić information content (AvgIpc) is 3.59. The molecule has 0 saturated carbocycles. The fourth-order valence-corrected chi connectivity index (χ4v) is 4.41. The van der Waals surface area contributed by atoms with E-state index in [1.807, 2.05) is 36.1 Å². The Bertz CT molecular complexity index is 1340. The number of piperidine rings is 1. The predicted molar refractivity (Wildman–Crippen MR) is 130 cm³/mol. The molecule has 9 nitrogen and oxygen atoms in total. The van der Waals surface area contributed by atoms with Crippen LogP contribution in [0.5, 0.6) is 0 Å². The summed E-state index contributed by atoms with van der Waals surface area (Å²) in [5, 5.41) is 8.18. The lowest BCUT2D eigenvalue weighted by Gasteiger charge is -2.33. The molecule has 1 aliphatic rings. The van der Waals surface area contributed by atoms with Crippen LogP contribution in [-0.2, 0) is 29.2 Å². The van der Waals surface area contributed by atoms with Crippen LogP contribution in [0.4, 0.5) is 4.39 Å². The van der Waals surface area contributed by atoms with Crippen molar-refractivity contribution in [1.82, 2.24) is 25.2 Å². The minimum Gasteiger partial charge on any atom is -0.367 e. The summed E-state index contributed by atoms with van der Waals surface area (Å²) in [5.41, 5.74) is 2.84. The Morgan fingerprint density at radius 1 is 1.05 bits per heavy atom. The van der Waals surface area contributed by atoms with Gasteiger partial charge in [-0.25, -0.2) is 4.39 Å². The highest BCUT2D eigenvalue weighted by Gasteiger charge is 2.31. The summed E-state index contributed by atoms with van der Waals surface area (Å²) in [7, 11) is 0. The number of rotatable bonds is 9. The van der Waals surface area contributed by atoms with Gasteiger partial charge in [-0.05, 0) is 49.9 Å². The largest absolute Gasteiger partial charge is 0.367 e. The van der Waals surface area contributed by atoms with Gasteiger partial charge in [0.15, 0.2) is 5.82 Å². The number of aryl methyl sites for hydroxylation is 2. The van der Waals surface area contributed by atoms with E-state index in [4.69, 9.17) is 13.8 Å². The molecule has 1 saturated heterocycles. The molecule has 2 aromatic carbocycles. The lowest BCUT2D eigenvalue weighted by atomic mass is 10.0. The third kappa shape index (κ3) is 6.26. The standard InChI is InChI=1S/C27H28FN5O4/c1-18-5-4-6-20(15-18)26-29-23(36-31-26)12-13-25(34)33-14-3-2-7-22(33)27-30-24(37-32-27)17-35-16-19-8-10-21(28)11-9-19/h4-6,8-11,15,22H,2-3,7,12-14,16-17H2,1H3. The summed E-state index contributed by atoms with van der Waals surface area (Å²) in [6, 6.07) is 13.7. The zero-order valence-corrected chi connectivity index (χ0v) is 20.6. The molecule has 0 bridgehead atoms. The highest BCUT2D eigenvalue weighted by molar-refractivity contribution is 5.77. The van der Waals surface area contributed by atoms with Gasteiger partial charge in [0.2, 0.25) is 17.6 Å². The molecule has 10 heteroatoms. The summed E-state index contributed by atoms with van der Waals surface area (Å²) < 4.78 is 29.4. The van der Waals surface area contributed by atoms with Gasteiger partial charge in [0.25, 0.3) is 5.89 Å². The normalized spacial score (nSPS) is 15.7. The minimum absolute atomic E-state index is 0.0149. The molecule has 1 aliphatic heterocycles. The monoisotopic (exact) mass is 505 g/mol. The van der Waals surface area contributed by atoms with Gasteiger partial charge in [-0.1, -0.05) is 46.2 Å². The number of benzene rings is 2. The molecule has 3 heterocycles. The van der Waals surface area contributed by atoms with Gasteiger partial charge in [0.1, 0.15) is 12.4 Å². The molecule has 1 amide bonds. The van der Waals surface area contributed by atoms with Gasteiger partial charge in [0.05, 0.1) is 12.6 Å². The van der Waals surface area contributed by atoms with Crippen LogP contribution in [0, 0.1) is 12.7 Å². The summed E-state index contributed by atoms with van der Waals surface area (Å²) in [6.45, 7) is 3.07. The number of aromatic nitrogens is 4. The Kier molecular flexibility index (Phi) is 7.65. The van der Waals surface area contributed by atoms with Gasteiger partial charge in [-0.2, -0.15) is 9.97 Å². The van der Waals surface area contributed by atoms with Crippen LogP contribution in [0.25, 0.3) is 11.4 Å². The molecule has 0 radical (unpaired) electrons. The quantitative estimate of drug-likeness (QED) is 0.314. The Morgan fingerprint density at radius 2 is 1.89 bits per heavy atom. The highest BCUT2D eigenvalue weighted by atomic mass is 19.1. The molecule has 5 rings (SSSR count). The molecule has 0 aliphatic carbocycles. The molecular weight excluding hydrogens is 477 g/mol. The maximum atomic E-state index is 13.1. The zero-order valence-electron chi connectivity index (χ0n) is 20.6. The second kappa shape index (κ2) is 11.4. The smallest absolute Gasteiger partial charge is 0.252 e. The van der Waals surface area contributed by atoms with Crippen LogP contribution < -0.4 is 0 Å². The van der Waals surface area contributed by atoms with Gasteiger partial charge in [0, 0.05) is 24.9 Å². The second-order valence-corrected chi connectivity index (χ2v) is 9.15. The van der Waals surface area contributed by atoms with Crippen molar-refractivity contribution in [3.63, 3.8) is 0 Å². The van der Waals surface area contributed by atoms with E-state index in [2.05, 4.69) is 20.3 Å². The number of nitrogens with zero attached hydrogens (tertiary/aromatic N) is 5. The molecule has 0 N–H and O–H groups in total. The van der Waals surface area contributed by atoms with Gasteiger partial charge in [-0.3, -0.25) is 4.79 Å². The first-order chi connectivity index (χ1) is 18.0. The summed E-state index contributed by atoms with van der Waals surface area (Å²) in [6.07, 6.45) is 3.26. The van der Waals surface area contributed by atoms with E-state index in [9.17, 15) is 9.18 Å². The third-order valence-corrected chi connectivity index (χ3v) is 6.31. The van der Waals surface area contributed by atoms with E-state index in [1.54, 1.807) is 12.1 Å². The van der Waals surface area contributed by atoms with Crippen molar-refractivity contribution >= 4 is 5.91 Å². The molecule has 192 valence electrons. The molecular formula is C27H28FN5O4. The van der Waals surface area contributed by atoms with Crippen LogP contribution >= 0.6 is 0 Å². The SMILES string of the molecule is Cc1cccc(-c2noc(CCC(=O)N3CCCCC3c3noc(COCc4ccc(F)cc4)n3)n2)c1. The van der Waals surface area contributed by atoms with Crippen LogP contribution in [0.3, 0.4) is 0 Å². The Morgan fingerprint density at radius 3 is 2.73 bits per heavy atom. The van der Waals surface area contributed by atoms with E-state index in [0.717, 1.165) is 36.0 Å². The number of hydrogen-bond acceptors (Lipinski definition) is 8. The first-order valence-electron chi connectivity index (χ1n) is 12.4. The third-order valence-electron chi connectivity index (χ3n) is 6.31. The molecule has 2 aromatic heterocycles. The molecule has 1 fully saturated rings. The van der Waals surface area contributed by atoms with Crippen molar-refractivity contribution in [2.45, 2.75) is 58.3 Å². The number of carbonyl (C=O) groups is 1.